The van der Waals surface area contributed by atoms with Crippen molar-refractivity contribution >= 4 is 28.8 Å². The van der Waals surface area contributed by atoms with Gasteiger partial charge < -0.3 is 4.90 Å². The van der Waals surface area contributed by atoms with Crippen molar-refractivity contribution in [2.45, 2.75) is 12.6 Å². The Morgan fingerprint density at radius 1 is 1.68 bits per heavy atom. The number of likely N-dealkylation sites (N-methyl/N-ethyl adjacent to an activating group) is 2. The lowest BCUT2D eigenvalue weighted by Crippen LogP contribution is -2.55. The molecular formula is C10H14ClN5O2S. The summed E-state index contributed by atoms with van der Waals surface area (Å²) in [6, 6.07) is -0.785. The molecule has 1 aliphatic rings. The van der Waals surface area contributed by atoms with Crippen LogP contribution in [-0.2, 0) is 6.54 Å². The Hall–Kier alpha value is -1.25. The first kappa shape index (κ1) is 14.2. The largest absolute Gasteiger partial charge is 0.345 e. The van der Waals surface area contributed by atoms with Crippen molar-refractivity contribution in [3.05, 3.63) is 25.7 Å². The molecule has 0 bridgehead atoms. The third-order valence-electron chi connectivity index (χ3n) is 2.80. The summed E-state index contributed by atoms with van der Waals surface area (Å²) in [6.45, 7) is 1.38. The molecule has 9 heteroatoms. The van der Waals surface area contributed by atoms with E-state index in [1.807, 2.05) is 19.0 Å². The van der Waals surface area contributed by atoms with E-state index in [4.69, 9.17) is 11.6 Å². The van der Waals surface area contributed by atoms with Crippen LogP contribution in [0.15, 0.2) is 11.2 Å². The standard InChI is InChI=1S/C10H14ClN5O2S/c1-14-5-8(16(17)18)9(15(2)6-14)12-3-7-4-13-10(11)19-7/h4,8H,3,5-6H2,1-2H3. The van der Waals surface area contributed by atoms with E-state index in [0.717, 1.165) is 4.88 Å². The highest BCUT2D eigenvalue weighted by molar-refractivity contribution is 7.15. The maximum atomic E-state index is 11.1. The summed E-state index contributed by atoms with van der Waals surface area (Å²) in [7, 11) is 3.66. The van der Waals surface area contributed by atoms with Crippen molar-refractivity contribution in [2.75, 3.05) is 27.3 Å². The second kappa shape index (κ2) is 5.81. The zero-order chi connectivity index (χ0) is 14.0. The minimum absolute atomic E-state index is 0.287. The van der Waals surface area contributed by atoms with Crippen LogP contribution >= 0.6 is 22.9 Å². The lowest BCUT2D eigenvalue weighted by Gasteiger charge is -2.34. The van der Waals surface area contributed by atoms with Crippen molar-refractivity contribution in [1.82, 2.24) is 14.8 Å². The van der Waals surface area contributed by atoms with E-state index in [1.165, 1.54) is 11.3 Å². The summed E-state index contributed by atoms with van der Waals surface area (Å²) in [6.07, 6.45) is 1.65. The summed E-state index contributed by atoms with van der Waals surface area (Å²) in [5, 5.41) is 11.1. The molecule has 1 aliphatic heterocycles. The summed E-state index contributed by atoms with van der Waals surface area (Å²) in [4.78, 5) is 23.7. The molecule has 0 saturated carbocycles. The van der Waals surface area contributed by atoms with Crippen molar-refractivity contribution in [2.24, 2.45) is 4.99 Å². The van der Waals surface area contributed by atoms with E-state index in [0.29, 0.717) is 30.1 Å². The van der Waals surface area contributed by atoms with Crippen molar-refractivity contribution in [3.63, 3.8) is 0 Å². The number of hydrogen-bond donors (Lipinski definition) is 0. The third kappa shape index (κ3) is 3.40. The van der Waals surface area contributed by atoms with Gasteiger partial charge in [0.05, 0.1) is 19.8 Å². The molecule has 0 radical (unpaired) electrons. The number of halogens is 1. The Balaban J connectivity index is 2.16. The van der Waals surface area contributed by atoms with Crippen molar-refractivity contribution in [1.29, 1.82) is 0 Å². The Labute approximate surface area is 119 Å². The Morgan fingerprint density at radius 2 is 2.42 bits per heavy atom. The maximum absolute atomic E-state index is 11.1. The lowest BCUT2D eigenvalue weighted by molar-refractivity contribution is -0.506. The minimum atomic E-state index is -0.785. The van der Waals surface area contributed by atoms with Crippen molar-refractivity contribution < 1.29 is 4.92 Å². The highest BCUT2D eigenvalue weighted by Crippen LogP contribution is 2.19. The predicted octanol–water partition coefficient (Wildman–Crippen LogP) is 1.18. The monoisotopic (exact) mass is 303 g/mol. The number of aromatic nitrogens is 1. The van der Waals surface area contributed by atoms with Gasteiger partial charge in [-0.05, 0) is 7.05 Å². The predicted molar refractivity (Wildman–Crippen MR) is 74.3 cm³/mol. The molecule has 1 aromatic heterocycles. The fraction of sp³-hybridized carbons (Fsp3) is 0.600. The molecule has 19 heavy (non-hydrogen) atoms. The minimum Gasteiger partial charge on any atom is -0.345 e. The van der Waals surface area contributed by atoms with Crippen LogP contribution in [0.25, 0.3) is 0 Å². The molecule has 0 spiro atoms. The lowest BCUT2D eigenvalue weighted by atomic mass is 10.2. The Morgan fingerprint density at radius 3 is 3.00 bits per heavy atom. The van der Waals surface area contributed by atoms with Gasteiger partial charge in [-0.1, -0.05) is 11.6 Å². The van der Waals surface area contributed by atoms with Crippen molar-refractivity contribution in [3.8, 4) is 0 Å². The molecule has 2 heterocycles. The zero-order valence-electron chi connectivity index (χ0n) is 10.6. The van der Waals surface area contributed by atoms with Crippen LogP contribution in [0.3, 0.4) is 0 Å². The fourth-order valence-corrected chi connectivity index (χ4v) is 2.93. The van der Waals surface area contributed by atoms with Crippen LogP contribution in [0.4, 0.5) is 0 Å². The second-order valence-electron chi connectivity index (χ2n) is 4.43. The van der Waals surface area contributed by atoms with Gasteiger partial charge in [0.15, 0.2) is 10.3 Å². The molecule has 1 aromatic rings. The maximum Gasteiger partial charge on any atom is 0.281 e. The molecule has 0 aromatic carbocycles. The SMILES string of the molecule is CN1CC([N+](=O)[O-])C(=NCc2cnc(Cl)s2)N(C)C1. The third-order valence-corrected chi connectivity index (χ3v) is 3.90. The molecule has 1 atom stereocenters. The molecule has 104 valence electrons. The van der Waals surface area contributed by atoms with E-state index in [1.54, 1.807) is 11.1 Å². The number of nitro groups is 1. The first-order valence-corrected chi connectivity index (χ1v) is 6.84. The molecule has 1 unspecified atom stereocenters. The molecule has 2 rings (SSSR count). The normalized spacial score (nSPS) is 23.0. The summed E-state index contributed by atoms with van der Waals surface area (Å²) in [5.41, 5.74) is 0. The molecule has 0 N–H and O–H groups in total. The average molecular weight is 304 g/mol. The number of nitrogens with zero attached hydrogens (tertiary/aromatic N) is 5. The Bertz CT molecular complexity index is 506. The molecule has 7 nitrogen and oxygen atoms in total. The van der Waals surface area contributed by atoms with Gasteiger partial charge in [0.2, 0.25) is 0 Å². The average Bonchev–Trinajstić information content (AvgIpc) is 2.73. The number of rotatable bonds is 3. The number of amidine groups is 1. The highest BCUT2D eigenvalue weighted by Gasteiger charge is 2.35. The van der Waals surface area contributed by atoms with Gasteiger partial charge in [0, 0.05) is 23.0 Å². The van der Waals surface area contributed by atoms with Crippen LogP contribution in [0, 0.1) is 10.1 Å². The highest BCUT2D eigenvalue weighted by atomic mass is 35.5. The van der Waals surface area contributed by atoms with Gasteiger partial charge in [-0.15, -0.1) is 11.3 Å². The first-order chi connectivity index (χ1) is 8.97. The second-order valence-corrected chi connectivity index (χ2v) is 6.13. The Kier molecular flexibility index (Phi) is 4.33. The molecule has 0 amide bonds. The topological polar surface area (TPSA) is 74.9 Å². The zero-order valence-corrected chi connectivity index (χ0v) is 12.2. The van der Waals surface area contributed by atoms with E-state index in [2.05, 4.69) is 9.98 Å². The van der Waals surface area contributed by atoms with E-state index < -0.39 is 6.04 Å². The van der Waals surface area contributed by atoms with Crippen LogP contribution in [0.1, 0.15) is 4.88 Å². The molecular weight excluding hydrogens is 290 g/mol. The number of thiazole rings is 1. The van der Waals surface area contributed by atoms with Gasteiger partial charge in [-0.3, -0.25) is 20.0 Å². The quantitative estimate of drug-likeness (QED) is 0.619. The summed E-state index contributed by atoms with van der Waals surface area (Å²) >= 11 is 7.08. The van der Waals surface area contributed by atoms with Gasteiger partial charge in [0.25, 0.3) is 6.04 Å². The van der Waals surface area contributed by atoms with Gasteiger partial charge in [-0.2, -0.15) is 0 Å². The van der Waals surface area contributed by atoms with E-state index in [9.17, 15) is 10.1 Å². The number of aliphatic imine (C=N–C) groups is 1. The first-order valence-electron chi connectivity index (χ1n) is 5.65. The van der Waals surface area contributed by atoms with Crippen LogP contribution in [0.2, 0.25) is 4.47 Å². The van der Waals surface area contributed by atoms with Gasteiger partial charge in [-0.25, -0.2) is 4.98 Å². The van der Waals surface area contributed by atoms with Crippen LogP contribution < -0.4 is 0 Å². The summed E-state index contributed by atoms with van der Waals surface area (Å²) in [5.74, 6) is 0.507. The van der Waals surface area contributed by atoms with Gasteiger partial charge >= 0.3 is 0 Å². The van der Waals surface area contributed by atoms with E-state index in [-0.39, 0.29) is 4.92 Å². The summed E-state index contributed by atoms with van der Waals surface area (Å²) < 4.78 is 0.456. The number of hydrogen-bond acceptors (Lipinski definition) is 6. The molecule has 1 fully saturated rings. The van der Waals surface area contributed by atoms with Crippen LogP contribution in [0.5, 0.6) is 0 Å². The van der Waals surface area contributed by atoms with Gasteiger partial charge in [0.1, 0.15) is 0 Å². The molecule has 0 aliphatic carbocycles. The fourth-order valence-electron chi connectivity index (χ4n) is 2.03. The van der Waals surface area contributed by atoms with E-state index >= 15 is 0 Å². The van der Waals surface area contributed by atoms with Crippen LogP contribution in [-0.4, -0.2) is 58.9 Å². The smallest absolute Gasteiger partial charge is 0.281 e. The molecule has 1 saturated heterocycles.